The minimum atomic E-state index is -0.941. The van der Waals surface area contributed by atoms with Crippen molar-refractivity contribution in [1.82, 2.24) is 0 Å². The van der Waals surface area contributed by atoms with Crippen LogP contribution in [0.1, 0.15) is 56.1 Å². The van der Waals surface area contributed by atoms with Crippen LogP contribution in [0.15, 0.2) is 43.0 Å². The number of benzene rings is 2. The summed E-state index contributed by atoms with van der Waals surface area (Å²) >= 11 is 0. The highest BCUT2D eigenvalue weighted by Crippen LogP contribution is 2.42. The monoisotopic (exact) mass is 398 g/mol. The van der Waals surface area contributed by atoms with Gasteiger partial charge in [0, 0.05) is 5.56 Å². The molecular formula is C26H29F3. The lowest BCUT2D eigenvalue weighted by Crippen LogP contribution is -2.27. The predicted octanol–water partition coefficient (Wildman–Crippen LogP) is 7.65. The lowest BCUT2D eigenvalue weighted by Gasteiger charge is -2.36. The molecule has 0 aromatic heterocycles. The van der Waals surface area contributed by atoms with Gasteiger partial charge in [0.2, 0.25) is 0 Å². The first-order valence-electron chi connectivity index (χ1n) is 10.9. The van der Waals surface area contributed by atoms with Gasteiger partial charge in [-0.2, -0.15) is 0 Å². The topological polar surface area (TPSA) is 0 Å². The summed E-state index contributed by atoms with van der Waals surface area (Å²) in [5, 5.41) is 0. The molecule has 0 nitrogen and oxygen atoms in total. The molecule has 2 aromatic carbocycles. The van der Waals surface area contributed by atoms with E-state index in [2.05, 4.69) is 6.58 Å². The third-order valence-corrected chi connectivity index (χ3v) is 7.16. The van der Waals surface area contributed by atoms with Crippen molar-refractivity contribution < 1.29 is 13.2 Å². The van der Waals surface area contributed by atoms with E-state index in [4.69, 9.17) is 0 Å². The van der Waals surface area contributed by atoms with Crippen molar-refractivity contribution in [3.05, 3.63) is 71.6 Å². The van der Waals surface area contributed by atoms with Gasteiger partial charge in [0.05, 0.1) is 0 Å². The molecule has 154 valence electrons. The zero-order valence-electron chi connectivity index (χ0n) is 16.9. The SMILES string of the molecule is C=CCCC1CCC(C2CCc3c(ccc(-c4ccc(F)c(F)c4)c3F)C2)CC1. The highest BCUT2D eigenvalue weighted by Gasteiger charge is 2.31. The molecule has 2 aromatic rings. The van der Waals surface area contributed by atoms with E-state index in [-0.39, 0.29) is 5.82 Å². The van der Waals surface area contributed by atoms with Crippen LogP contribution in [0.2, 0.25) is 0 Å². The fourth-order valence-corrected chi connectivity index (χ4v) is 5.43. The molecule has 4 rings (SSSR count). The molecule has 0 N–H and O–H groups in total. The Kier molecular flexibility index (Phi) is 6.12. The van der Waals surface area contributed by atoms with Crippen molar-refractivity contribution in [1.29, 1.82) is 0 Å². The molecule has 2 aliphatic carbocycles. The first-order valence-corrected chi connectivity index (χ1v) is 10.9. The maximum Gasteiger partial charge on any atom is 0.159 e. The van der Waals surface area contributed by atoms with Crippen molar-refractivity contribution in [2.75, 3.05) is 0 Å². The molecule has 29 heavy (non-hydrogen) atoms. The first kappa shape index (κ1) is 20.3. The predicted molar refractivity (Wildman–Crippen MR) is 112 cm³/mol. The second kappa shape index (κ2) is 8.77. The maximum absolute atomic E-state index is 15.2. The molecular weight excluding hydrogens is 369 g/mol. The molecule has 0 radical (unpaired) electrons. The Morgan fingerprint density at radius 3 is 2.41 bits per heavy atom. The maximum atomic E-state index is 15.2. The van der Waals surface area contributed by atoms with E-state index < -0.39 is 11.6 Å². The lowest BCUT2D eigenvalue weighted by molar-refractivity contribution is 0.184. The highest BCUT2D eigenvalue weighted by atomic mass is 19.2. The molecule has 0 bridgehead atoms. The minimum Gasteiger partial charge on any atom is -0.206 e. The summed E-state index contributed by atoms with van der Waals surface area (Å²) in [4.78, 5) is 0. The second-order valence-corrected chi connectivity index (χ2v) is 8.84. The Bertz CT molecular complexity index is 878. The van der Waals surface area contributed by atoms with Crippen molar-refractivity contribution in [2.45, 2.75) is 57.8 Å². The average Bonchev–Trinajstić information content (AvgIpc) is 2.75. The Morgan fingerprint density at radius 2 is 1.69 bits per heavy atom. The van der Waals surface area contributed by atoms with Crippen LogP contribution in [-0.2, 0) is 12.8 Å². The third-order valence-electron chi connectivity index (χ3n) is 7.16. The number of halogens is 3. The summed E-state index contributed by atoms with van der Waals surface area (Å²) in [6.45, 7) is 3.83. The summed E-state index contributed by atoms with van der Waals surface area (Å²) in [6.07, 6.45) is 12.3. The van der Waals surface area contributed by atoms with Gasteiger partial charge in [-0.05, 0) is 91.5 Å². The molecule has 3 heteroatoms. The number of rotatable bonds is 5. The van der Waals surface area contributed by atoms with Crippen LogP contribution in [0, 0.1) is 35.2 Å². The Morgan fingerprint density at radius 1 is 0.897 bits per heavy atom. The molecule has 1 fully saturated rings. The van der Waals surface area contributed by atoms with Gasteiger partial charge in [-0.3, -0.25) is 0 Å². The van der Waals surface area contributed by atoms with Gasteiger partial charge < -0.3 is 0 Å². The summed E-state index contributed by atoms with van der Waals surface area (Å²) in [7, 11) is 0. The number of hydrogen-bond donors (Lipinski definition) is 0. The van der Waals surface area contributed by atoms with E-state index in [1.165, 1.54) is 38.2 Å². The van der Waals surface area contributed by atoms with Gasteiger partial charge in [0.25, 0.3) is 0 Å². The Labute approximate surface area is 171 Å². The van der Waals surface area contributed by atoms with Gasteiger partial charge in [0.15, 0.2) is 11.6 Å². The average molecular weight is 399 g/mol. The third kappa shape index (κ3) is 4.29. The molecule has 0 amide bonds. The van der Waals surface area contributed by atoms with E-state index in [1.54, 1.807) is 6.07 Å². The molecule has 1 unspecified atom stereocenters. The molecule has 1 atom stereocenters. The molecule has 1 saturated carbocycles. The number of fused-ring (bicyclic) bond motifs is 1. The van der Waals surface area contributed by atoms with Crippen LogP contribution in [0.3, 0.4) is 0 Å². The summed E-state index contributed by atoms with van der Waals surface area (Å²) < 4.78 is 42.0. The second-order valence-electron chi connectivity index (χ2n) is 8.84. The smallest absolute Gasteiger partial charge is 0.159 e. The van der Waals surface area contributed by atoms with E-state index in [1.807, 2.05) is 12.1 Å². The van der Waals surface area contributed by atoms with Crippen LogP contribution in [0.4, 0.5) is 13.2 Å². The molecule has 2 aliphatic rings. The van der Waals surface area contributed by atoms with Crippen LogP contribution < -0.4 is 0 Å². The van der Waals surface area contributed by atoms with E-state index in [0.717, 1.165) is 60.8 Å². The van der Waals surface area contributed by atoms with Crippen molar-refractivity contribution in [3.63, 3.8) is 0 Å². The number of allylic oxidation sites excluding steroid dienone is 1. The summed E-state index contributed by atoms with van der Waals surface area (Å²) in [6, 6.07) is 7.31. The largest absolute Gasteiger partial charge is 0.206 e. The van der Waals surface area contributed by atoms with E-state index in [0.29, 0.717) is 17.0 Å². The molecule has 0 heterocycles. The van der Waals surface area contributed by atoms with Crippen molar-refractivity contribution >= 4 is 0 Å². The van der Waals surface area contributed by atoms with Gasteiger partial charge in [-0.15, -0.1) is 6.58 Å². The fourth-order valence-electron chi connectivity index (χ4n) is 5.43. The summed E-state index contributed by atoms with van der Waals surface area (Å²) in [5.74, 6) is 0.113. The van der Waals surface area contributed by atoms with Gasteiger partial charge in [-0.1, -0.05) is 37.1 Å². The van der Waals surface area contributed by atoms with Crippen molar-refractivity contribution in [3.8, 4) is 11.1 Å². The summed E-state index contributed by atoms with van der Waals surface area (Å²) in [5.41, 5.74) is 2.62. The molecule has 0 saturated heterocycles. The zero-order valence-corrected chi connectivity index (χ0v) is 16.9. The Balaban J connectivity index is 1.46. The van der Waals surface area contributed by atoms with Crippen molar-refractivity contribution in [2.24, 2.45) is 17.8 Å². The van der Waals surface area contributed by atoms with Crippen LogP contribution >= 0.6 is 0 Å². The van der Waals surface area contributed by atoms with E-state index >= 15 is 4.39 Å². The fraction of sp³-hybridized carbons (Fsp3) is 0.462. The standard InChI is InChI=1S/C26H29F3/c1-2-3-4-17-5-7-18(8-6-17)19-9-12-22-20(15-19)10-13-23(26(22)29)21-11-14-24(27)25(28)16-21/h2,10-11,13-14,16-19H,1,3-9,12,15H2. The van der Waals surface area contributed by atoms with Gasteiger partial charge in [0.1, 0.15) is 5.82 Å². The van der Waals surface area contributed by atoms with E-state index in [9.17, 15) is 8.78 Å². The highest BCUT2D eigenvalue weighted by molar-refractivity contribution is 5.66. The molecule has 0 spiro atoms. The van der Waals surface area contributed by atoms with Crippen LogP contribution in [0.25, 0.3) is 11.1 Å². The molecule has 0 aliphatic heterocycles. The Hall–Kier alpha value is -2.03. The lowest BCUT2D eigenvalue weighted by atomic mass is 9.69. The minimum absolute atomic E-state index is 0.264. The van der Waals surface area contributed by atoms with Crippen LogP contribution in [-0.4, -0.2) is 0 Å². The quantitative estimate of drug-likeness (QED) is 0.454. The van der Waals surface area contributed by atoms with Crippen LogP contribution in [0.5, 0.6) is 0 Å². The number of hydrogen-bond acceptors (Lipinski definition) is 0. The normalized spacial score (nSPS) is 24.2. The first-order chi connectivity index (χ1) is 14.1. The van der Waals surface area contributed by atoms with Gasteiger partial charge >= 0.3 is 0 Å². The zero-order chi connectivity index (χ0) is 20.4. The van der Waals surface area contributed by atoms with Gasteiger partial charge in [-0.25, -0.2) is 13.2 Å².